The van der Waals surface area contributed by atoms with Crippen molar-refractivity contribution in [3.8, 4) is 0 Å². The van der Waals surface area contributed by atoms with Gasteiger partial charge in [0, 0.05) is 12.0 Å². The normalized spacial score (nSPS) is 12.6. The largest absolute Gasteiger partial charge is 0.321 e. The zero-order chi connectivity index (χ0) is 12.5. The number of aldehydes is 1. The van der Waals surface area contributed by atoms with Crippen LogP contribution in [-0.4, -0.2) is 12.3 Å². The fourth-order valence-electron chi connectivity index (χ4n) is 1.11. The number of carbonyl (C=O) groups excluding carboxylic acids is 1. The second-order valence-electron chi connectivity index (χ2n) is 3.05. The topological polar surface area (TPSA) is 43.1 Å². The van der Waals surface area contributed by atoms with Gasteiger partial charge in [-0.25, -0.2) is 22.0 Å². The zero-order valence-electron chi connectivity index (χ0n) is 7.74. The standard InChI is InChI=1S/C9H6F5NO/c10-5-4(1-3(15)2-16)6(11)8(13)9(14)7(5)12/h2-3H,1,15H2/t3-/m0/s1. The molecule has 0 saturated heterocycles. The fourth-order valence-corrected chi connectivity index (χ4v) is 1.11. The van der Waals surface area contributed by atoms with E-state index >= 15 is 0 Å². The SMILES string of the molecule is N[C@H](C=O)Cc1c(F)c(F)c(F)c(F)c1F. The van der Waals surface area contributed by atoms with Crippen LogP contribution in [0.2, 0.25) is 0 Å². The molecule has 0 aliphatic carbocycles. The third-order valence-electron chi connectivity index (χ3n) is 1.92. The van der Waals surface area contributed by atoms with Crippen molar-refractivity contribution in [2.75, 3.05) is 0 Å². The van der Waals surface area contributed by atoms with Gasteiger partial charge < -0.3 is 10.5 Å². The zero-order valence-corrected chi connectivity index (χ0v) is 7.74. The number of benzene rings is 1. The first-order valence-electron chi connectivity index (χ1n) is 4.11. The second kappa shape index (κ2) is 4.56. The van der Waals surface area contributed by atoms with Gasteiger partial charge in [0.05, 0.1) is 6.04 Å². The maximum atomic E-state index is 13.0. The van der Waals surface area contributed by atoms with Crippen LogP contribution in [0.3, 0.4) is 0 Å². The van der Waals surface area contributed by atoms with E-state index < -0.39 is 47.1 Å². The quantitative estimate of drug-likeness (QED) is 0.375. The van der Waals surface area contributed by atoms with Crippen molar-refractivity contribution in [1.29, 1.82) is 0 Å². The van der Waals surface area contributed by atoms with Gasteiger partial charge in [-0.05, 0) is 0 Å². The molecule has 0 fully saturated rings. The number of nitrogens with two attached hydrogens (primary N) is 1. The lowest BCUT2D eigenvalue weighted by Crippen LogP contribution is -2.26. The Labute approximate surface area is 86.9 Å². The molecule has 0 aliphatic heterocycles. The highest BCUT2D eigenvalue weighted by atomic mass is 19.2. The monoisotopic (exact) mass is 239 g/mol. The second-order valence-corrected chi connectivity index (χ2v) is 3.05. The maximum Gasteiger partial charge on any atom is 0.200 e. The van der Waals surface area contributed by atoms with Gasteiger partial charge in [-0.15, -0.1) is 0 Å². The predicted molar refractivity (Wildman–Crippen MR) is 44.0 cm³/mol. The van der Waals surface area contributed by atoms with Gasteiger partial charge in [0.2, 0.25) is 5.82 Å². The van der Waals surface area contributed by atoms with Crippen LogP contribution in [0.15, 0.2) is 0 Å². The van der Waals surface area contributed by atoms with Crippen molar-refractivity contribution in [3.63, 3.8) is 0 Å². The molecule has 0 spiro atoms. The van der Waals surface area contributed by atoms with Crippen LogP contribution < -0.4 is 5.73 Å². The van der Waals surface area contributed by atoms with Crippen LogP contribution in [-0.2, 0) is 11.2 Å². The van der Waals surface area contributed by atoms with E-state index in [9.17, 15) is 26.7 Å². The number of carbonyl (C=O) groups is 1. The van der Waals surface area contributed by atoms with Gasteiger partial charge in [-0.1, -0.05) is 0 Å². The molecule has 0 radical (unpaired) electrons. The van der Waals surface area contributed by atoms with E-state index in [-0.39, 0.29) is 6.29 Å². The first kappa shape index (κ1) is 12.6. The highest BCUT2D eigenvalue weighted by molar-refractivity contribution is 5.57. The van der Waals surface area contributed by atoms with Crippen molar-refractivity contribution >= 4 is 6.29 Å². The molecular weight excluding hydrogens is 233 g/mol. The van der Waals surface area contributed by atoms with Crippen molar-refractivity contribution in [2.45, 2.75) is 12.5 Å². The first-order chi connectivity index (χ1) is 7.40. The third-order valence-corrected chi connectivity index (χ3v) is 1.92. The number of hydrogen-bond acceptors (Lipinski definition) is 2. The minimum absolute atomic E-state index is 0.151. The van der Waals surface area contributed by atoms with Gasteiger partial charge in [0.15, 0.2) is 23.3 Å². The molecule has 0 aliphatic rings. The molecule has 2 N–H and O–H groups in total. The highest BCUT2D eigenvalue weighted by Crippen LogP contribution is 2.23. The average Bonchev–Trinajstić information content (AvgIpc) is 2.29. The Hall–Kier alpha value is -1.50. The molecule has 1 rings (SSSR count). The number of halogens is 5. The van der Waals surface area contributed by atoms with Crippen LogP contribution in [0.1, 0.15) is 5.56 Å². The Balaban J connectivity index is 3.33. The minimum Gasteiger partial charge on any atom is -0.321 e. The van der Waals surface area contributed by atoms with Crippen molar-refractivity contribution in [1.82, 2.24) is 0 Å². The molecule has 1 aromatic rings. The summed E-state index contributed by atoms with van der Waals surface area (Å²) < 4.78 is 63.9. The molecule has 0 unspecified atom stereocenters. The molecule has 0 saturated carbocycles. The lowest BCUT2D eigenvalue weighted by molar-refractivity contribution is -0.108. The third kappa shape index (κ3) is 2.04. The molecule has 7 heteroatoms. The average molecular weight is 239 g/mol. The molecule has 1 aromatic carbocycles. The van der Waals surface area contributed by atoms with Gasteiger partial charge in [0.1, 0.15) is 6.29 Å². The Bertz CT molecular complexity index is 405. The predicted octanol–water partition coefficient (Wildman–Crippen LogP) is 1.45. The van der Waals surface area contributed by atoms with Gasteiger partial charge in [-0.3, -0.25) is 0 Å². The summed E-state index contributed by atoms with van der Waals surface area (Å²) in [4.78, 5) is 10.1. The van der Waals surface area contributed by atoms with E-state index in [4.69, 9.17) is 5.73 Å². The highest BCUT2D eigenvalue weighted by Gasteiger charge is 2.26. The summed E-state index contributed by atoms with van der Waals surface area (Å²) in [6.07, 6.45) is -0.604. The number of hydrogen-bond donors (Lipinski definition) is 1. The summed E-state index contributed by atoms with van der Waals surface area (Å²) in [5.74, 6) is -10.3. The van der Waals surface area contributed by atoms with Gasteiger partial charge in [0.25, 0.3) is 0 Å². The molecule has 88 valence electrons. The van der Waals surface area contributed by atoms with Crippen LogP contribution in [0.5, 0.6) is 0 Å². The summed E-state index contributed by atoms with van der Waals surface area (Å²) in [6.45, 7) is 0. The summed E-state index contributed by atoms with van der Waals surface area (Å²) >= 11 is 0. The molecule has 1 atom stereocenters. The molecule has 0 amide bonds. The minimum atomic E-state index is -2.24. The lowest BCUT2D eigenvalue weighted by atomic mass is 10.1. The number of rotatable bonds is 3. The Kier molecular flexibility index (Phi) is 3.58. The van der Waals surface area contributed by atoms with E-state index in [1.165, 1.54) is 0 Å². The van der Waals surface area contributed by atoms with E-state index in [1.54, 1.807) is 0 Å². The molecule has 0 bridgehead atoms. The maximum absolute atomic E-state index is 13.0. The van der Waals surface area contributed by atoms with E-state index in [0.717, 1.165) is 0 Å². The van der Waals surface area contributed by atoms with Crippen LogP contribution in [0.4, 0.5) is 22.0 Å². The van der Waals surface area contributed by atoms with Crippen molar-refractivity contribution in [2.24, 2.45) is 5.73 Å². The van der Waals surface area contributed by atoms with Crippen LogP contribution in [0, 0.1) is 29.1 Å². The van der Waals surface area contributed by atoms with Gasteiger partial charge in [-0.2, -0.15) is 0 Å². The Morgan fingerprint density at radius 3 is 1.69 bits per heavy atom. The summed E-state index contributed by atoms with van der Waals surface area (Å²) in [5, 5.41) is 0. The van der Waals surface area contributed by atoms with E-state index in [1.807, 2.05) is 0 Å². The first-order valence-corrected chi connectivity index (χ1v) is 4.11. The Morgan fingerprint density at radius 1 is 0.938 bits per heavy atom. The van der Waals surface area contributed by atoms with Crippen LogP contribution in [0.25, 0.3) is 0 Å². The van der Waals surface area contributed by atoms with Crippen LogP contribution >= 0.6 is 0 Å². The van der Waals surface area contributed by atoms with E-state index in [2.05, 4.69) is 0 Å². The van der Waals surface area contributed by atoms with Gasteiger partial charge >= 0.3 is 0 Å². The molecule has 16 heavy (non-hydrogen) atoms. The summed E-state index contributed by atoms with van der Waals surface area (Å²) in [5.41, 5.74) is 3.95. The summed E-state index contributed by atoms with van der Waals surface area (Å²) in [7, 11) is 0. The summed E-state index contributed by atoms with van der Waals surface area (Å²) in [6, 6.07) is -1.33. The van der Waals surface area contributed by atoms with E-state index in [0.29, 0.717) is 0 Å². The molecule has 0 heterocycles. The fraction of sp³-hybridized carbons (Fsp3) is 0.222. The lowest BCUT2D eigenvalue weighted by Gasteiger charge is -2.09. The van der Waals surface area contributed by atoms with Crippen molar-refractivity contribution in [3.05, 3.63) is 34.6 Å². The molecule has 2 nitrogen and oxygen atoms in total. The molecular formula is C9H6F5NO. The molecule has 0 aromatic heterocycles. The smallest absolute Gasteiger partial charge is 0.200 e. The Morgan fingerprint density at radius 2 is 1.31 bits per heavy atom. The van der Waals surface area contributed by atoms with Crippen molar-refractivity contribution < 1.29 is 26.7 Å².